The maximum absolute atomic E-state index is 6.14. The van der Waals surface area contributed by atoms with Crippen molar-refractivity contribution in [3.8, 4) is 0 Å². The molecule has 0 saturated heterocycles. The van der Waals surface area contributed by atoms with E-state index in [-0.39, 0.29) is 6.04 Å². The fraction of sp³-hybridized carbons (Fsp3) is 0.571. The fourth-order valence-electron chi connectivity index (χ4n) is 1.67. The molecule has 0 aliphatic heterocycles. The summed E-state index contributed by atoms with van der Waals surface area (Å²) in [7, 11) is 1.68. The maximum atomic E-state index is 6.14. The Morgan fingerprint density at radius 3 is 2.72 bits per heavy atom. The molecule has 0 amide bonds. The quantitative estimate of drug-likeness (QED) is 0.701. The second-order valence-electron chi connectivity index (χ2n) is 4.16. The molecule has 0 unspecified atom stereocenters. The van der Waals surface area contributed by atoms with Crippen molar-refractivity contribution in [1.82, 2.24) is 5.32 Å². The molecule has 1 rings (SSSR count). The summed E-state index contributed by atoms with van der Waals surface area (Å²) in [4.78, 5) is 0. The molecular weight excluding hydrogens is 250 g/mol. The van der Waals surface area contributed by atoms with Crippen LogP contribution in [0.15, 0.2) is 24.3 Å². The zero-order valence-corrected chi connectivity index (χ0v) is 11.9. The van der Waals surface area contributed by atoms with Gasteiger partial charge in [0.2, 0.25) is 0 Å². The van der Waals surface area contributed by atoms with E-state index in [2.05, 4.69) is 18.3 Å². The van der Waals surface area contributed by atoms with Gasteiger partial charge >= 0.3 is 0 Å². The Morgan fingerprint density at radius 2 is 2.00 bits per heavy atom. The third kappa shape index (κ3) is 5.83. The number of benzene rings is 1. The molecule has 1 N–H and O–H groups in total. The lowest BCUT2D eigenvalue weighted by atomic mass is 10.1. The molecular formula is C14H22ClNO2. The Balaban J connectivity index is 2.14. The molecule has 0 aliphatic rings. The Morgan fingerprint density at radius 1 is 1.22 bits per heavy atom. The largest absolute Gasteiger partial charge is 0.382 e. The van der Waals surface area contributed by atoms with Gasteiger partial charge in [-0.15, -0.1) is 0 Å². The summed E-state index contributed by atoms with van der Waals surface area (Å²) in [5.74, 6) is 0. The summed E-state index contributed by atoms with van der Waals surface area (Å²) in [5.41, 5.74) is 1.14. The number of hydrogen-bond donors (Lipinski definition) is 1. The molecule has 4 heteroatoms. The summed E-state index contributed by atoms with van der Waals surface area (Å²) < 4.78 is 10.3. The van der Waals surface area contributed by atoms with E-state index in [0.29, 0.717) is 13.2 Å². The summed E-state index contributed by atoms with van der Waals surface area (Å²) in [6.07, 6.45) is 0.985. The Bertz CT molecular complexity index is 333. The Labute approximate surface area is 114 Å². The van der Waals surface area contributed by atoms with Crippen molar-refractivity contribution in [2.24, 2.45) is 0 Å². The van der Waals surface area contributed by atoms with Gasteiger partial charge < -0.3 is 14.8 Å². The van der Waals surface area contributed by atoms with Crippen LogP contribution in [0.1, 0.15) is 24.9 Å². The molecule has 0 fully saturated rings. The van der Waals surface area contributed by atoms with Crippen molar-refractivity contribution in [3.63, 3.8) is 0 Å². The second-order valence-corrected chi connectivity index (χ2v) is 4.56. The van der Waals surface area contributed by atoms with E-state index in [0.717, 1.165) is 30.2 Å². The van der Waals surface area contributed by atoms with Crippen molar-refractivity contribution in [1.29, 1.82) is 0 Å². The minimum Gasteiger partial charge on any atom is -0.382 e. The average molecular weight is 272 g/mol. The zero-order valence-electron chi connectivity index (χ0n) is 11.1. The van der Waals surface area contributed by atoms with Crippen LogP contribution < -0.4 is 5.32 Å². The summed E-state index contributed by atoms with van der Waals surface area (Å²) in [6.45, 7) is 5.11. The first kappa shape index (κ1) is 15.4. The normalized spacial score (nSPS) is 12.6. The molecule has 102 valence electrons. The van der Waals surface area contributed by atoms with Crippen molar-refractivity contribution >= 4 is 11.6 Å². The molecule has 0 spiro atoms. The van der Waals surface area contributed by atoms with E-state index in [4.69, 9.17) is 21.1 Å². The first-order valence-electron chi connectivity index (χ1n) is 6.30. The number of nitrogens with one attached hydrogen (secondary N) is 1. The van der Waals surface area contributed by atoms with Crippen molar-refractivity contribution in [2.45, 2.75) is 19.4 Å². The van der Waals surface area contributed by atoms with Gasteiger partial charge in [-0.25, -0.2) is 0 Å². The molecule has 0 saturated carbocycles. The number of ether oxygens (including phenoxy) is 2. The molecule has 0 aliphatic carbocycles. The predicted octanol–water partition coefficient (Wildman–Crippen LogP) is 3.04. The number of rotatable bonds is 9. The highest BCUT2D eigenvalue weighted by Crippen LogP contribution is 2.21. The average Bonchev–Trinajstić information content (AvgIpc) is 2.38. The highest BCUT2D eigenvalue weighted by molar-refractivity contribution is 6.31. The number of methoxy groups -OCH3 is 1. The Kier molecular flexibility index (Phi) is 8.01. The SMILES string of the molecule is COCCOCCCN[C@@H](C)c1ccccc1Cl. The minimum absolute atomic E-state index is 0.262. The van der Waals surface area contributed by atoms with Gasteiger partial charge in [0.05, 0.1) is 13.2 Å². The third-order valence-electron chi connectivity index (χ3n) is 2.72. The predicted molar refractivity (Wildman–Crippen MR) is 75.2 cm³/mol. The molecule has 18 heavy (non-hydrogen) atoms. The lowest BCUT2D eigenvalue weighted by molar-refractivity contribution is 0.0693. The number of hydrogen-bond acceptors (Lipinski definition) is 3. The third-order valence-corrected chi connectivity index (χ3v) is 3.06. The molecule has 0 heterocycles. The van der Waals surface area contributed by atoms with Gasteiger partial charge in [0.15, 0.2) is 0 Å². The van der Waals surface area contributed by atoms with Gasteiger partial charge in [-0.05, 0) is 31.5 Å². The first-order chi connectivity index (χ1) is 8.75. The van der Waals surface area contributed by atoms with Crippen LogP contribution in [0.25, 0.3) is 0 Å². The van der Waals surface area contributed by atoms with Crippen molar-refractivity contribution in [3.05, 3.63) is 34.9 Å². The zero-order chi connectivity index (χ0) is 13.2. The van der Waals surface area contributed by atoms with E-state index >= 15 is 0 Å². The van der Waals surface area contributed by atoms with Crippen LogP contribution in [0.2, 0.25) is 5.02 Å². The molecule has 0 aromatic heterocycles. The van der Waals surface area contributed by atoms with Gasteiger partial charge in [0, 0.05) is 24.8 Å². The van der Waals surface area contributed by atoms with Crippen LogP contribution in [0.5, 0.6) is 0 Å². The smallest absolute Gasteiger partial charge is 0.0700 e. The summed E-state index contributed by atoms with van der Waals surface area (Å²) in [6, 6.07) is 8.19. The van der Waals surface area contributed by atoms with Crippen LogP contribution >= 0.6 is 11.6 Å². The van der Waals surface area contributed by atoms with Crippen LogP contribution in [0.4, 0.5) is 0 Å². The molecule has 0 bridgehead atoms. The van der Waals surface area contributed by atoms with E-state index < -0.39 is 0 Å². The van der Waals surface area contributed by atoms with Crippen molar-refractivity contribution < 1.29 is 9.47 Å². The van der Waals surface area contributed by atoms with E-state index in [1.807, 2.05) is 18.2 Å². The van der Waals surface area contributed by atoms with Crippen LogP contribution in [0.3, 0.4) is 0 Å². The monoisotopic (exact) mass is 271 g/mol. The van der Waals surface area contributed by atoms with Gasteiger partial charge in [-0.1, -0.05) is 29.8 Å². The fourth-order valence-corrected chi connectivity index (χ4v) is 1.97. The van der Waals surface area contributed by atoms with Crippen LogP contribution in [0, 0.1) is 0 Å². The molecule has 1 aromatic carbocycles. The topological polar surface area (TPSA) is 30.5 Å². The second kappa shape index (κ2) is 9.34. The van der Waals surface area contributed by atoms with Gasteiger partial charge in [0.25, 0.3) is 0 Å². The first-order valence-corrected chi connectivity index (χ1v) is 6.68. The molecule has 3 nitrogen and oxygen atoms in total. The maximum Gasteiger partial charge on any atom is 0.0700 e. The van der Waals surface area contributed by atoms with E-state index in [1.54, 1.807) is 7.11 Å². The highest BCUT2D eigenvalue weighted by atomic mass is 35.5. The summed E-state index contributed by atoms with van der Waals surface area (Å²) in [5, 5.41) is 4.25. The van der Waals surface area contributed by atoms with Crippen LogP contribution in [-0.2, 0) is 9.47 Å². The minimum atomic E-state index is 0.262. The van der Waals surface area contributed by atoms with Crippen LogP contribution in [-0.4, -0.2) is 33.5 Å². The molecule has 1 atom stereocenters. The summed E-state index contributed by atoms with van der Waals surface area (Å²) >= 11 is 6.14. The standard InChI is InChI=1S/C14H22ClNO2/c1-12(13-6-3-4-7-14(13)15)16-8-5-9-18-11-10-17-2/h3-4,6-7,12,16H,5,8-11H2,1-2H3/t12-/m0/s1. The lowest BCUT2D eigenvalue weighted by Crippen LogP contribution is -2.21. The van der Waals surface area contributed by atoms with Crippen molar-refractivity contribution in [2.75, 3.05) is 33.5 Å². The molecule has 1 aromatic rings. The van der Waals surface area contributed by atoms with Gasteiger partial charge in [0.1, 0.15) is 0 Å². The lowest BCUT2D eigenvalue weighted by Gasteiger charge is -2.15. The molecule has 0 radical (unpaired) electrons. The van der Waals surface area contributed by atoms with Gasteiger partial charge in [-0.3, -0.25) is 0 Å². The number of halogens is 1. The van der Waals surface area contributed by atoms with Gasteiger partial charge in [-0.2, -0.15) is 0 Å². The van der Waals surface area contributed by atoms with E-state index in [1.165, 1.54) is 0 Å². The van der Waals surface area contributed by atoms with E-state index in [9.17, 15) is 0 Å². The Hall–Kier alpha value is -0.610. The highest BCUT2D eigenvalue weighted by Gasteiger charge is 2.07.